The Morgan fingerprint density at radius 2 is 1.80 bits per heavy atom. The van der Waals surface area contributed by atoms with Gasteiger partial charge in [-0.1, -0.05) is 55.5 Å². The van der Waals surface area contributed by atoms with Crippen LogP contribution in [0.5, 0.6) is 5.75 Å². The van der Waals surface area contributed by atoms with Gasteiger partial charge < -0.3 is 9.84 Å². The van der Waals surface area contributed by atoms with Gasteiger partial charge in [-0.15, -0.1) is 12.4 Å². The summed E-state index contributed by atoms with van der Waals surface area (Å²) in [5, 5.41) is 9.68. The van der Waals surface area contributed by atoms with Crippen molar-refractivity contribution in [1.29, 1.82) is 0 Å². The van der Waals surface area contributed by atoms with Crippen molar-refractivity contribution in [2.24, 2.45) is 0 Å². The molecule has 0 aliphatic carbocycles. The first-order chi connectivity index (χ1) is 11.6. The fraction of sp³-hybridized carbons (Fsp3) is 0.400. The van der Waals surface area contributed by atoms with Crippen LogP contribution < -0.4 is 4.74 Å². The highest BCUT2D eigenvalue weighted by Crippen LogP contribution is 2.31. The van der Waals surface area contributed by atoms with Gasteiger partial charge in [-0.25, -0.2) is 4.39 Å². The Morgan fingerprint density at radius 3 is 2.52 bits per heavy atom. The van der Waals surface area contributed by atoms with Gasteiger partial charge in [0.05, 0.1) is 13.0 Å². The first-order valence-electron chi connectivity index (χ1n) is 8.51. The van der Waals surface area contributed by atoms with Crippen LogP contribution in [0.25, 0.3) is 0 Å². The fourth-order valence-electron chi connectivity index (χ4n) is 3.20. The van der Waals surface area contributed by atoms with Crippen molar-refractivity contribution in [3.8, 4) is 5.75 Å². The molecule has 3 rings (SSSR count). The Hall–Kier alpha value is -1.62. The predicted molar refractivity (Wildman–Crippen MR) is 99.9 cm³/mol. The van der Waals surface area contributed by atoms with Gasteiger partial charge in [0.1, 0.15) is 5.75 Å². The van der Waals surface area contributed by atoms with Crippen LogP contribution in [0.3, 0.4) is 0 Å². The molecule has 3 nitrogen and oxygen atoms in total. The summed E-state index contributed by atoms with van der Waals surface area (Å²) < 4.78 is 20.0. The van der Waals surface area contributed by atoms with Crippen LogP contribution in [-0.4, -0.2) is 35.2 Å². The van der Waals surface area contributed by atoms with Gasteiger partial charge in [-0.3, -0.25) is 4.90 Å². The number of benzene rings is 2. The van der Waals surface area contributed by atoms with Crippen molar-refractivity contribution in [2.75, 3.05) is 13.1 Å². The van der Waals surface area contributed by atoms with Crippen molar-refractivity contribution in [1.82, 2.24) is 4.90 Å². The normalized spacial score (nSPS) is 23.2. The van der Waals surface area contributed by atoms with Crippen molar-refractivity contribution in [3.05, 3.63) is 65.7 Å². The maximum atomic E-state index is 13.9. The maximum Gasteiger partial charge on any atom is 0.224 e. The lowest BCUT2D eigenvalue weighted by atomic mass is 10.0. The van der Waals surface area contributed by atoms with E-state index >= 15 is 0 Å². The van der Waals surface area contributed by atoms with Crippen LogP contribution in [0.1, 0.15) is 24.5 Å². The molecule has 2 unspecified atom stereocenters. The molecule has 1 saturated heterocycles. The average molecular weight is 366 g/mol. The van der Waals surface area contributed by atoms with E-state index in [0.29, 0.717) is 6.54 Å². The zero-order valence-corrected chi connectivity index (χ0v) is 15.2. The topological polar surface area (TPSA) is 32.7 Å². The zero-order chi connectivity index (χ0) is 17.0. The first-order valence-corrected chi connectivity index (χ1v) is 8.51. The molecule has 2 aromatic carbocycles. The van der Waals surface area contributed by atoms with Gasteiger partial charge in [-0.05, 0) is 36.6 Å². The lowest BCUT2D eigenvalue weighted by molar-refractivity contribution is -0.0777. The van der Waals surface area contributed by atoms with E-state index in [1.165, 1.54) is 5.56 Å². The quantitative estimate of drug-likeness (QED) is 0.840. The van der Waals surface area contributed by atoms with E-state index in [-0.39, 0.29) is 25.4 Å². The van der Waals surface area contributed by atoms with Crippen molar-refractivity contribution >= 4 is 12.4 Å². The minimum Gasteiger partial charge on any atom is -0.475 e. The van der Waals surface area contributed by atoms with Crippen molar-refractivity contribution in [3.63, 3.8) is 0 Å². The summed E-state index contributed by atoms with van der Waals surface area (Å²) in [7, 11) is 0. The standard InChI is InChI=1S/C20H24FNO2.ClH/c1-2-22-15-20(21,23)14-19(22)24-18-11-7-6-10-17(18)13-12-16-8-4-3-5-9-16;/h3-11,19,23H,2,12-15H2,1H3;1H. The van der Waals surface area contributed by atoms with E-state index in [2.05, 4.69) is 12.1 Å². The Morgan fingerprint density at radius 1 is 1.12 bits per heavy atom. The van der Waals surface area contributed by atoms with E-state index in [1.54, 1.807) is 0 Å². The Bertz CT molecular complexity index is 666. The molecule has 2 aromatic rings. The van der Waals surface area contributed by atoms with Gasteiger partial charge in [0.15, 0.2) is 6.23 Å². The molecule has 25 heavy (non-hydrogen) atoms. The largest absolute Gasteiger partial charge is 0.475 e. The first kappa shape index (κ1) is 19.7. The number of likely N-dealkylation sites (N-methyl/N-ethyl adjacent to an activating group) is 1. The minimum atomic E-state index is -2.17. The van der Waals surface area contributed by atoms with E-state index in [0.717, 1.165) is 24.2 Å². The van der Waals surface area contributed by atoms with Crippen molar-refractivity contribution < 1.29 is 14.2 Å². The lowest BCUT2D eigenvalue weighted by Crippen LogP contribution is -2.34. The molecule has 136 valence electrons. The molecule has 5 heteroatoms. The molecule has 1 N–H and O–H groups in total. The number of aliphatic hydroxyl groups is 1. The van der Waals surface area contributed by atoms with Crippen LogP contribution in [0.15, 0.2) is 54.6 Å². The average Bonchev–Trinajstić information content (AvgIpc) is 2.89. The fourth-order valence-corrected chi connectivity index (χ4v) is 3.20. The second-order valence-electron chi connectivity index (χ2n) is 6.35. The van der Waals surface area contributed by atoms with E-state index in [4.69, 9.17) is 4.74 Å². The second kappa shape index (κ2) is 8.65. The lowest BCUT2D eigenvalue weighted by Gasteiger charge is -2.24. The highest BCUT2D eigenvalue weighted by atomic mass is 35.5. The number of hydrogen-bond donors (Lipinski definition) is 1. The molecule has 1 aliphatic heterocycles. The third-order valence-electron chi connectivity index (χ3n) is 4.51. The number of alkyl halides is 1. The number of ether oxygens (including phenoxy) is 1. The van der Waals surface area contributed by atoms with Gasteiger partial charge in [-0.2, -0.15) is 0 Å². The minimum absolute atomic E-state index is 0. The molecule has 1 fully saturated rings. The molecule has 0 amide bonds. The van der Waals surface area contributed by atoms with E-state index in [9.17, 15) is 9.50 Å². The van der Waals surface area contributed by atoms with Gasteiger partial charge >= 0.3 is 0 Å². The summed E-state index contributed by atoms with van der Waals surface area (Å²) in [6.45, 7) is 2.59. The number of hydrogen-bond acceptors (Lipinski definition) is 3. The molecule has 0 aromatic heterocycles. The number of likely N-dealkylation sites (tertiary alicyclic amines) is 1. The zero-order valence-electron chi connectivity index (χ0n) is 14.4. The van der Waals surface area contributed by atoms with Crippen LogP contribution in [-0.2, 0) is 12.8 Å². The summed E-state index contributed by atoms with van der Waals surface area (Å²) in [6.07, 6.45) is 1.34. The van der Waals surface area contributed by atoms with Crippen LogP contribution in [0, 0.1) is 0 Å². The molecular formula is C20H25ClFNO2. The maximum absolute atomic E-state index is 13.9. The predicted octanol–water partition coefficient (Wildman–Crippen LogP) is 3.98. The molecule has 0 bridgehead atoms. The number of aryl methyl sites for hydroxylation is 2. The highest BCUT2D eigenvalue weighted by molar-refractivity contribution is 5.85. The Balaban J connectivity index is 0.00000225. The van der Waals surface area contributed by atoms with Gasteiger partial charge in [0.25, 0.3) is 0 Å². The molecule has 0 radical (unpaired) electrons. The smallest absolute Gasteiger partial charge is 0.224 e. The molecule has 1 heterocycles. The number of halogens is 2. The molecule has 0 spiro atoms. The summed E-state index contributed by atoms with van der Waals surface area (Å²) in [5.41, 5.74) is 2.38. The number of nitrogens with zero attached hydrogens (tertiary/aromatic N) is 1. The third kappa shape index (κ3) is 5.18. The molecule has 1 aliphatic rings. The van der Waals surface area contributed by atoms with Gasteiger partial charge in [0, 0.05) is 0 Å². The molecule has 0 saturated carbocycles. The SMILES string of the molecule is CCN1CC(O)(F)CC1Oc1ccccc1CCc1ccccc1.Cl. The monoisotopic (exact) mass is 365 g/mol. The molecule has 2 atom stereocenters. The number of β-amino-alcohol motifs (C(OH)–C–C–N with tert-alkyl or cyclic N) is 1. The third-order valence-corrected chi connectivity index (χ3v) is 4.51. The summed E-state index contributed by atoms with van der Waals surface area (Å²) >= 11 is 0. The Kier molecular flexibility index (Phi) is 6.82. The van der Waals surface area contributed by atoms with Gasteiger partial charge in [0.2, 0.25) is 5.85 Å². The van der Waals surface area contributed by atoms with Crippen molar-refractivity contribution in [2.45, 2.75) is 38.3 Å². The van der Waals surface area contributed by atoms with E-state index < -0.39 is 12.1 Å². The van der Waals surface area contributed by atoms with Crippen LogP contribution in [0.4, 0.5) is 4.39 Å². The Labute approximate surface area is 154 Å². The number of para-hydroxylation sites is 1. The second-order valence-corrected chi connectivity index (χ2v) is 6.35. The highest BCUT2D eigenvalue weighted by Gasteiger charge is 2.43. The summed E-state index contributed by atoms with van der Waals surface area (Å²) in [6, 6.07) is 18.2. The van der Waals surface area contributed by atoms with E-state index in [1.807, 2.05) is 54.3 Å². The van der Waals surface area contributed by atoms with Crippen LogP contribution in [0.2, 0.25) is 0 Å². The molecular weight excluding hydrogens is 341 g/mol. The van der Waals surface area contributed by atoms with Crippen LogP contribution >= 0.6 is 12.4 Å². The summed E-state index contributed by atoms with van der Waals surface area (Å²) in [4.78, 5) is 1.83. The number of rotatable bonds is 6. The summed E-state index contributed by atoms with van der Waals surface area (Å²) in [5.74, 6) is -1.39.